The Morgan fingerprint density at radius 1 is 0.725 bits per heavy atom. The monoisotopic (exact) mass is 751 g/mol. The van der Waals surface area contributed by atoms with Gasteiger partial charge in [0.25, 0.3) is 0 Å². The average molecular weight is 752 g/mol. The molecule has 2 aromatic rings. The summed E-state index contributed by atoms with van der Waals surface area (Å²) in [6, 6.07) is 8.95. The van der Waals surface area contributed by atoms with Crippen molar-refractivity contribution in [2.24, 2.45) is 21.8 Å². The largest absolute Gasteiger partial charge is 2.00 e. The van der Waals surface area contributed by atoms with Gasteiger partial charge in [0.1, 0.15) is 11.5 Å². The summed E-state index contributed by atoms with van der Waals surface area (Å²) in [5.41, 5.74) is 5.87. The zero-order valence-electron chi connectivity index (χ0n) is 33.2. The number of carbonyl (C=O) groups excluding carboxylic acids is 2. The molecule has 8 nitrogen and oxygen atoms in total. The fourth-order valence-corrected chi connectivity index (χ4v) is 5.76. The second kappa shape index (κ2) is 22.0. The summed E-state index contributed by atoms with van der Waals surface area (Å²) in [5, 5.41) is 40.1. The van der Waals surface area contributed by atoms with Crippen LogP contribution in [0.5, 0.6) is 11.5 Å². The first-order valence-electron chi connectivity index (χ1n) is 18.1. The molecule has 0 amide bonds. The maximum Gasteiger partial charge on any atom is 2.00 e. The van der Waals surface area contributed by atoms with Crippen LogP contribution in [0.25, 0.3) is 0 Å². The average Bonchev–Trinajstić information content (AvgIpc) is 2.97. The van der Waals surface area contributed by atoms with Crippen molar-refractivity contribution < 1.29 is 46.8 Å². The van der Waals surface area contributed by atoms with E-state index in [0.29, 0.717) is 23.3 Å². The predicted molar refractivity (Wildman–Crippen MR) is 203 cm³/mol. The fraction of sp³-hybridized carbons (Fsp3) is 0.619. The molecule has 0 aromatic heterocycles. The van der Waals surface area contributed by atoms with E-state index in [4.69, 9.17) is 29.8 Å². The van der Waals surface area contributed by atoms with Crippen LogP contribution in [0.15, 0.2) is 34.3 Å². The Kier molecular flexibility index (Phi) is 20.7. The fourth-order valence-electron chi connectivity index (χ4n) is 5.76. The van der Waals surface area contributed by atoms with Gasteiger partial charge in [-0.3, -0.25) is 9.98 Å². The van der Waals surface area contributed by atoms with Crippen molar-refractivity contribution in [3.8, 4) is 11.5 Å². The molecular weight excluding hydrogens is 687 g/mol. The second-order valence-electron chi connectivity index (χ2n) is 16.5. The third-order valence-corrected chi connectivity index (χ3v) is 8.50. The van der Waals surface area contributed by atoms with Crippen molar-refractivity contribution in [1.82, 2.24) is 0 Å². The number of hydrogen-bond acceptors (Lipinski definition) is 8. The van der Waals surface area contributed by atoms with E-state index in [9.17, 15) is 10.2 Å². The molecule has 0 bridgehead atoms. The van der Waals surface area contributed by atoms with Crippen molar-refractivity contribution in [1.29, 1.82) is 0 Å². The summed E-state index contributed by atoms with van der Waals surface area (Å²) in [6.45, 7) is 23.9. The molecule has 0 spiro atoms. The summed E-state index contributed by atoms with van der Waals surface area (Å²) >= 11 is 0. The second-order valence-corrected chi connectivity index (χ2v) is 16.5. The molecule has 1 fully saturated rings. The Morgan fingerprint density at radius 2 is 1.04 bits per heavy atom. The summed E-state index contributed by atoms with van der Waals surface area (Å²) in [5.74, 6) is -0.184. The molecule has 2 unspecified atom stereocenters. The molecule has 2 aromatic carbocycles. The molecule has 9 heteroatoms. The van der Waals surface area contributed by atoms with E-state index in [1.807, 2.05) is 12.4 Å². The van der Waals surface area contributed by atoms with Crippen LogP contribution in [0.2, 0.25) is 0 Å². The van der Waals surface area contributed by atoms with Crippen LogP contribution >= 0.6 is 0 Å². The molecule has 2 N–H and O–H groups in total. The van der Waals surface area contributed by atoms with Crippen LogP contribution in [-0.4, -0.2) is 46.7 Å². The third kappa shape index (κ3) is 18.8. The van der Waals surface area contributed by atoms with Gasteiger partial charge in [0, 0.05) is 46.6 Å². The number of aliphatic carboxylic acids is 2. The topological polar surface area (TPSA) is 145 Å². The maximum absolute atomic E-state index is 11.2. The van der Waals surface area contributed by atoms with Gasteiger partial charge in [-0.15, -0.1) is 0 Å². The number of phenols is 2. The van der Waals surface area contributed by atoms with Crippen molar-refractivity contribution in [2.75, 3.05) is 0 Å². The van der Waals surface area contributed by atoms with Crippen LogP contribution in [0.4, 0.5) is 0 Å². The van der Waals surface area contributed by atoms with Crippen molar-refractivity contribution in [2.45, 2.75) is 157 Å². The molecule has 0 saturated heterocycles. The minimum Gasteiger partial charge on any atom is -0.550 e. The van der Waals surface area contributed by atoms with Gasteiger partial charge in [-0.25, -0.2) is 0 Å². The van der Waals surface area contributed by atoms with E-state index in [1.165, 1.54) is 11.1 Å². The van der Waals surface area contributed by atoms with Gasteiger partial charge in [-0.1, -0.05) is 81.4 Å². The van der Waals surface area contributed by atoms with Gasteiger partial charge in [0.2, 0.25) is 0 Å². The van der Waals surface area contributed by atoms with E-state index in [1.54, 1.807) is 0 Å². The number of phenolic OH excluding ortho intramolecular Hbond substituents is 2. The van der Waals surface area contributed by atoms with Gasteiger partial charge >= 0.3 is 16.8 Å². The van der Waals surface area contributed by atoms with Gasteiger partial charge < -0.3 is 30.0 Å². The maximum atomic E-state index is 11.2. The Bertz CT molecular complexity index is 1340. The van der Waals surface area contributed by atoms with E-state index < -0.39 is 11.9 Å². The predicted octanol–water partition coefficient (Wildman–Crippen LogP) is 7.23. The molecule has 0 aliphatic heterocycles. The number of carboxylic acid groups (broad SMARTS) is 2. The van der Waals surface area contributed by atoms with Crippen LogP contribution < -0.4 is 10.2 Å². The van der Waals surface area contributed by atoms with E-state index in [2.05, 4.69) is 93.5 Å². The Balaban J connectivity index is 0.00000251. The number of aromatic hydroxyl groups is 2. The first-order chi connectivity index (χ1) is 23.0. The van der Waals surface area contributed by atoms with Crippen LogP contribution in [0.1, 0.15) is 155 Å². The molecule has 51 heavy (non-hydrogen) atoms. The van der Waals surface area contributed by atoms with Gasteiger partial charge in [0.15, 0.2) is 0 Å². The number of hydrogen-bond donors (Lipinski definition) is 2. The number of aliphatic imine (C=N–C) groups is 2. The zero-order valence-corrected chi connectivity index (χ0v) is 34.2. The number of carbonyl (C=O) groups is 2. The summed E-state index contributed by atoms with van der Waals surface area (Å²) in [4.78, 5) is 27.8. The molecular formula is C42H64CoN2O6. The van der Waals surface area contributed by atoms with Gasteiger partial charge in [-0.05, 0) is 111 Å². The van der Waals surface area contributed by atoms with Gasteiger partial charge in [0.05, 0.1) is 12.1 Å². The summed E-state index contributed by atoms with van der Waals surface area (Å²) < 4.78 is 0. The molecule has 3 rings (SSSR count). The minimum atomic E-state index is -1.08. The molecule has 0 heterocycles. The SMILES string of the molecule is CC(=O)[O-].CC(=O)[O-].CC(C)CCc1cc(C=NC2CCCC(N=Cc3cc(CCC(C)C)cc(C(C)(C)C)c3O)C2)c(O)c(C(C)(C)C)c1.[Co+2]. The van der Waals surface area contributed by atoms with Crippen LogP contribution in [0.3, 0.4) is 0 Å². The number of nitrogens with zero attached hydrogens (tertiary/aromatic N) is 2. The minimum absolute atomic E-state index is 0. The van der Waals surface area contributed by atoms with E-state index in [-0.39, 0.29) is 39.7 Å². The third-order valence-electron chi connectivity index (χ3n) is 8.50. The Hall–Kier alpha value is -3.17. The molecule has 287 valence electrons. The first kappa shape index (κ1) is 47.8. The Labute approximate surface area is 318 Å². The van der Waals surface area contributed by atoms with Crippen LogP contribution in [0, 0.1) is 11.8 Å². The smallest absolute Gasteiger partial charge is 0.550 e. The molecule has 1 aliphatic carbocycles. The summed E-state index contributed by atoms with van der Waals surface area (Å²) in [7, 11) is 0. The quantitative estimate of drug-likeness (QED) is 0.245. The van der Waals surface area contributed by atoms with Crippen molar-refractivity contribution >= 4 is 24.4 Å². The number of rotatable bonds is 10. The number of aryl methyl sites for hydroxylation is 2. The molecule has 2 atom stereocenters. The number of benzene rings is 2. The van der Waals surface area contributed by atoms with E-state index in [0.717, 1.165) is 87.5 Å². The molecule has 1 saturated carbocycles. The molecule has 1 aliphatic rings. The summed E-state index contributed by atoms with van der Waals surface area (Å²) in [6.07, 6.45) is 12.1. The normalized spacial score (nSPS) is 16.4. The van der Waals surface area contributed by atoms with E-state index >= 15 is 0 Å². The van der Waals surface area contributed by atoms with Crippen LogP contribution in [-0.2, 0) is 50.0 Å². The Morgan fingerprint density at radius 3 is 1.31 bits per heavy atom. The van der Waals surface area contributed by atoms with Crippen molar-refractivity contribution in [3.63, 3.8) is 0 Å². The molecule has 1 radical (unpaired) electrons. The van der Waals surface area contributed by atoms with Gasteiger partial charge in [-0.2, -0.15) is 0 Å². The van der Waals surface area contributed by atoms with Crippen molar-refractivity contribution in [3.05, 3.63) is 57.6 Å². The number of carboxylic acids is 2. The zero-order chi connectivity index (χ0) is 38.4. The first-order valence-corrected chi connectivity index (χ1v) is 18.1. The standard InChI is InChI=1S/C38H58N2O2.2C2H4O2.Co/c1-25(2)14-16-27-18-29(35(41)33(20-27)37(5,6)7)23-39-31-12-11-13-32(22-31)40-24-30-19-28(17-15-26(3)4)21-34(36(30)42)38(8,9)10;2*1-2(3)4;/h18-21,23-26,31-32,41-42H,11-17,22H2,1-10H3;2*1H3,(H,3,4);/q;;;+2/p-2.